The molecule has 1 heterocycles. The number of carboxylic acid groups (broad SMARTS) is 1. The van der Waals surface area contributed by atoms with E-state index in [0.717, 1.165) is 12.8 Å². The van der Waals surface area contributed by atoms with E-state index in [9.17, 15) is 9.59 Å². The second-order valence-corrected chi connectivity index (χ2v) is 4.29. The summed E-state index contributed by atoms with van der Waals surface area (Å²) in [6.07, 6.45) is 2.99. The zero-order valence-corrected chi connectivity index (χ0v) is 8.61. The number of aliphatic carboxylic acids is 1. The molecule has 1 aliphatic carbocycles. The molecule has 2 fully saturated rings. The molecule has 1 amide bonds. The molecule has 0 aromatic heterocycles. The highest BCUT2D eigenvalue weighted by Crippen LogP contribution is 2.28. The van der Waals surface area contributed by atoms with Crippen molar-refractivity contribution < 1.29 is 14.7 Å². The third kappa shape index (κ3) is 2.68. The van der Waals surface area contributed by atoms with Crippen LogP contribution in [0.25, 0.3) is 0 Å². The van der Waals surface area contributed by atoms with Gasteiger partial charge in [0.15, 0.2) is 0 Å². The molecule has 1 unspecified atom stereocenters. The minimum absolute atomic E-state index is 0.152. The maximum Gasteiger partial charge on any atom is 0.303 e. The lowest BCUT2D eigenvalue weighted by molar-refractivity contribution is -0.137. The van der Waals surface area contributed by atoms with E-state index in [-0.39, 0.29) is 18.4 Å². The van der Waals surface area contributed by atoms with E-state index in [1.165, 1.54) is 0 Å². The summed E-state index contributed by atoms with van der Waals surface area (Å²) in [5, 5.41) is 11.7. The van der Waals surface area contributed by atoms with Crippen molar-refractivity contribution in [1.29, 1.82) is 0 Å². The van der Waals surface area contributed by atoms with Crippen molar-refractivity contribution in [2.24, 2.45) is 0 Å². The summed E-state index contributed by atoms with van der Waals surface area (Å²) >= 11 is 0. The zero-order chi connectivity index (χ0) is 10.8. The topological polar surface area (TPSA) is 69.6 Å². The van der Waals surface area contributed by atoms with Crippen LogP contribution in [-0.2, 0) is 9.59 Å². The maximum absolute atomic E-state index is 11.5. The van der Waals surface area contributed by atoms with Crippen LogP contribution in [0.2, 0.25) is 0 Å². The van der Waals surface area contributed by atoms with Gasteiger partial charge in [0, 0.05) is 25.0 Å². The Hall–Kier alpha value is -1.10. The molecular formula is C10H16N2O3. The fraction of sp³-hybridized carbons (Fsp3) is 0.800. The van der Waals surface area contributed by atoms with Gasteiger partial charge in [-0.1, -0.05) is 0 Å². The van der Waals surface area contributed by atoms with Crippen LogP contribution in [0.1, 0.15) is 25.7 Å². The molecule has 1 saturated heterocycles. The lowest BCUT2D eigenvalue weighted by Crippen LogP contribution is -2.54. The van der Waals surface area contributed by atoms with Crippen molar-refractivity contribution in [3.05, 3.63) is 0 Å². The monoisotopic (exact) mass is 212 g/mol. The van der Waals surface area contributed by atoms with Gasteiger partial charge in [-0.2, -0.15) is 0 Å². The molecule has 1 saturated carbocycles. The van der Waals surface area contributed by atoms with Gasteiger partial charge in [0.05, 0.1) is 6.54 Å². The largest absolute Gasteiger partial charge is 0.481 e. The van der Waals surface area contributed by atoms with Crippen LogP contribution in [0.15, 0.2) is 0 Å². The first kappa shape index (κ1) is 10.4. The Morgan fingerprint density at radius 2 is 2.27 bits per heavy atom. The summed E-state index contributed by atoms with van der Waals surface area (Å²) in [4.78, 5) is 23.8. The summed E-state index contributed by atoms with van der Waals surface area (Å²) in [5.41, 5.74) is 0. The first-order chi connectivity index (χ1) is 7.16. The van der Waals surface area contributed by atoms with Crippen LogP contribution in [-0.4, -0.2) is 47.1 Å². The van der Waals surface area contributed by atoms with Crippen molar-refractivity contribution in [3.8, 4) is 0 Å². The molecule has 5 nitrogen and oxygen atoms in total. The number of carbonyl (C=O) groups is 2. The fourth-order valence-corrected chi connectivity index (χ4v) is 1.97. The second kappa shape index (κ2) is 4.18. The number of hydrogen-bond donors (Lipinski definition) is 2. The molecule has 0 bridgehead atoms. The summed E-state index contributed by atoms with van der Waals surface area (Å²) in [7, 11) is 0. The average Bonchev–Trinajstić information content (AvgIpc) is 3.00. The Balaban J connectivity index is 1.82. The first-order valence-corrected chi connectivity index (χ1v) is 5.41. The highest BCUT2D eigenvalue weighted by Gasteiger charge is 2.36. The van der Waals surface area contributed by atoms with Gasteiger partial charge in [-0.05, 0) is 19.3 Å². The molecule has 84 valence electrons. The molecule has 2 aliphatic rings. The zero-order valence-electron chi connectivity index (χ0n) is 8.61. The molecule has 1 atom stereocenters. The van der Waals surface area contributed by atoms with Crippen molar-refractivity contribution in [3.63, 3.8) is 0 Å². The number of carboxylic acids is 1. The van der Waals surface area contributed by atoms with Crippen LogP contribution in [0.5, 0.6) is 0 Å². The minimum Gasteiger partial charge on any atom is -0.481 e. The number of nitrogens with one attached hydrogen (secondary N) is 1. The van der Waals surface area contributed by atoms with E-state index in [1.807, 2.05) is 4.90 Å². The number of hydrogen-bond acceptors (Lipinski definition) is 3. The van der Waals surface area contributed by atoms with Gasteiger partial charge >= 0.3 is 5.97 Å². The van der Waals surface area contributed by atoms with Gasteiger partial charge in [0.25, 0.3) is 0 Å². The number of nitrogens with zero attached hydrogens (tertiary/aromatic N) is 1. The third-order valence-corrected chi connectivity index (χ3v) is 2.97. The third-order valence-electron chi connectivity index (χ3n) is 2.97. The molecule has 15 heavy (non-hydrogen) atoms. The van der Waals surface area contributed by atoms with Crippen LogP contribution < -0.4 is 5.32 Å². The van der Waals surface area contributed by atoms with Crippen LogP contribution in [0, 0.1) is 0 Å². The van der Waals surface area contributed by atoms with Crippen molar-refractivity contribution in [1.82, 2.24) is 10.2 Å². The smallest absolute Gasteiger partial charge is 0.303 e. The lowest BCUT2D eigenvalue weighted by atomic mass is 10.1. The number of carbonyl (C=O) groups excluding carboxylic acids is 1. The van der Waals surface area contributed by atoms with Gasteiger partial charge in [0.2, 0.25) is 5.91 Å². The molecule has 0 radical (unpaired) electrons. The average molecular weight is 212 g/mol. The maximum atomic E-state index is 11.5. The number of amides is 1. The predicted octanol–water partition coefficient (Wildman–Crippen LogP) is -0.186. The Morgan fingerprint density at radius 3 is 2.87 bits per heavy atom. The highest BCUT2D eigenvalue weighted by molar-refractivity contribution is 5.79. The molecule has 1 aliphatic heterocycles. The highest BCUT2D eigenvalue weighted by atomic mass is 16.4. The van der Waals surface area contributed by atoms with Crippen LogP contribution in [0.3, 0.4) is 0 Å². The summed E-state index contributed by atoms with van der Waals surface area (Å²) in [6.45, 7) is 1.04. The van der Waals surface area contributed by atoms with Gasteiger partial charge in [0.1, 0.15) is 0 Å². The van der Waals surface area contributed by atoms with E-state index in [4.69, 9.17) is 5.11 Å². The Kier molecular flexibility index (Phi) is 2.90. The van der Waals surface area contributed by atoms with Crippen molar-refractivity contribution in [2.45, 2.75) is 37.8 Å². The molecule has 0 aromatic carbocycles. The molecule has 0 aromatic rings. The van der Waals surface area contributed by atoms with Gasteiger partial charge in [-0.15, -0.1) is 0 Å². The molecule has 0 spiro atoms. The molecule has 5 heteroatoms. The summed E-state index contributed by atoms with van der Waals surface area (Å²) < 4.78 is 0. The van der Waals surface area contributed by atoms with Gasteiger partial charge < -0.3 is 15.3 Å². The van der Waals surface area contributed by atoms with Crippen LogP contribution >= 0.6 is 0 Å². The SMILES string of the molecule is O=C(O)CCC1CN(C2CC2)C(=O)CN1. The van der Waals surface area contributed by atoms with E-state index in [2.05, 4.69) is 5.32 Å². The van der Waals surface area contributed by atoms with E-state index in [1.54, 1.807) is 0 Å². The standard InChI is InChI=1S/C10H16N2O3/c13-9-5-11-7(1-4-10(14)15)6-12(9)8-2-3-8/h7-8,11H,1-6H2,(H,14,15). The Morgan fingerprint density at radius 1 is 1.53 bits per heavy atom. The molecule has 2 N–H and O–H groups in total. The number of piperazine rings is 1. The van der Waals surface area contributed by atoms with Crippen molar-refractivity contribution in [2.75, 3.05) is 13.1 Å². The van der Waals surface area contributed by atoms with E-state index >= 15 is 0 Å². The minimum atomic E-state index is -0.772. The van der Waals surface area contributed by atoms with Gasteiger partial charge in [-0.25, -0.2) is 0 Å². The first-order valence-electron chi connectivity index (χ1n) is 5.41. The predicted molar refractivity (Wildman–Crippen MR) is 53.4 cm³/mol. The quantitative estimate of drug-likeness (QED) is 0.678. The molecular weight excluding hydrogens is 196 g/mol. The molecule has 2 rings (SSSR count). The lowest BCUT2D eigenvalue weighted by Gasteiger charge is -2.33. The fourth-order valence-electron chi connectivity index (χ4n) is 1.97. The Bertz CT molecular complexity index is 276. The summed E-state index contributed by atoms with van der Waals surface area (Å²) in [6, 6.07) is 0.589. The van der Waals surface area contributed by atoms with Crippen molar-refractivity contribution >= 4 is 11.9 Å². The van der Waals surface area contributed by atoms with Gasteiger partial charge in [-0.3, -0.25) is 9.59 Å². The van der Waals surface area contributed by atoms with E-state index in [0.29, 0.717) is 25.6 Å². The second-order valence-electron chi connectivity index (χ2n) is 4.29. The summed E-state index contributed by atoms with van der Waals surface area (Å²) in [5.74, 6) is -0.615. The Labute approximate surface area is 88.4 Å². The van der Waals surface area contributed by atoms with Crippen LogP contribution in [0.4, 0.5) is 0 Å². The normalized spacial score (nSPS) is 26.8. The number of rotatable bonds is 4. The van der Waals surface area contributed by atoms with E-state index < -0.39 is 5.97 Å².